The van der Waals surface area contributed by atoms with Gasteiger partial charge in [0.2, 0.25) is 0 Å². The predicted molar refractivity (Wildman–Crippen MR) is 61.8 cm³/mol. The molecule has 0 atom stereocenters. The van der Waals surface area contributed by atoms with Crippen LogP contribution in [0.4, 0.5) is 4.39 Å². The summed E-state index contributed by atoms with van der Waals surface area (Å²) in [5.74, 6) is 1.39. The second kappa shape index (κ2) is 7.06. The number of ether oxygens (including phenoxy) is 2. The number of methoxy groups -OCH3 is 1. The van der Waals surface area contributed by atoms with Crippen LogP contribution >= 0.6 is 0 Å². The molecule has 0 saturated heterocycles. The van der Waals surface area contributed by atoms with Gasteiger partial charge in [-0.15, -0.1) is 0 Å². The van der Waals surface area contributed by atoms with Gasteiger partial charge in [0.15, 0.2) is 11.5 Å². The van der Waals surface area contributed by atoms with E-state index in [2.05, 4.69) is 5.32 Å². The lowest BCUT2D eigenvalue weighted by Crippen LogP contribution is -2.09. The summed E-state index contributed by atoms with van der Waals surface area (Å²) in [5.41, 5.74) is 1.01. The molecule has 90 valence electrons. The highest BCUT2D eigenvalue weighted by Gasteiger charge is 2.09. The van der Waals surface area contributed by atoms with E-state index in [9.17, 15) is 4.39 Å². The highest BCUT2D eigenvalue weighted by Crippen LogP contribution is 2.31. The quantitative estimate of drug-likeness (QED) is 0.724. The first-order valence-corrected chi connectivity index (χ1v) is 5.32. The normalized spacial score (nSPS) is 10.2. The molecule has 0 saturated carbocycles. The summed E-state index contributed by atoms with van der Waals surface area (Å²) in [7, 11) is 3.46. The maximum absolute atomic E-state index is 12.0. The van der Waals surface area contributed by atoms with Gasteiger partial charge in [-0.05, 0) is 13.1 Å². The summed E-state index contributed by atoms with van der Waals surface area (Å²) in [4.78, 5) is 0. The Balaban J connectivity index is 2.81. The largest absolute Gasteiger partial charge is 0.493 e. The van der Waals surface area contributed by atoms with E-state index in [0.717, 1.165) is 5.56 Å². The first kappa shape index (κ1) is 12.8. The van der Waals surface area contributed by atoms with E-state index in [0.29, 0.717) is 31.1 Å². The Morgan fingerprint density at radius 3 is 2.81 bits per heavy atom. The van der Waals surface area contributed by atoms with Gasteiger partial charge < -0.3 is 14.8 Å². The van der Waals surface area contributed by atoms with E-state index in [-0.39, 0.29) is 6.67 Å². The third-order valence-corrected chi connectivity index (χ3v) is 2.17. The van der Waals surface area contributed by atoms with Gasteiger partial charge in [-0.2, -0.15) is 0 Å². The SMILES string of the molecule is CNCc1cccc(OC)c1OCCCF. The molecule has 1 N–H and O–H groups in total. The Kier molecular flexibility index (Phi) is 5.64. The van der Waals surface area contributed by atoms with Gasteiger partial charge in [-0.3, -0.25) is 4.39 Å². The number of hydrogen-bond acceptors (Lipinski definition) is 3. The highest BCUT2D eigenvalue weighted by molar-refractivity contribution is 5.46. The molecule has 0 unspecified atom stereocenters. The van der Waals surface area contributed by atoms with Crippen molar-refractivity contribution in [1.82, 2.24) is 5.32 Å². The lowest BCUT2D eigenvalue weighted by molar-refractivity contribution is 0.271. The molecule has 0 spiro atoms. The molecule has 0 amide bonds. The molecule has 0 aliphatic carbocycles. The maximum Gasteiger partial charge on any atom is 0.165 e. The van der Waals surface area contributed by atoms with Crippen LogP contribution in [-0.2, 0) is 6.54 Å². The predicted octanol–water partition coefficient (Wildman–Crippen LogP) is 2.15. The maximum atomic E-state index is 12.0. The van der Waals surface area contributed by atoms with Crippen LogP contribution in [0.15, 0.2) is 18.2 Å². The van der Waals surface area contributed by atoms with Crippen LogP contribution in [-0.4, -0.2) is 27.4 Å². The molecule has 4 heteroatoms. The third-order valence-electron chi connectivity index (χ3n) is 2.17. The summed E-state index contributed by atoms with van der Waals surface area (Å²) >= 11 is 0. The summed E-state index contributed by atoms with van der Waals surface area (Å²) in [6, 6.07) is 5.71. The van der Waals surface area contributed by atoms with Gasteiger partial charge in [-0.1, -0.05) is 12.1 Å². The van der Waals surface area contributed by atoms with E-state index < -0.39 is 0 Å². The molecular formula is C12H18FNO2. The average molecular weight is 227 g/mol. The smallest absolute Gasteiger partial charge is 0.165 e. The van der Waals surface area contributed by atoms with Gasteiger partial charge in [-0.25, -0.2) is 0 Å². The van der Waals surface area contributed by atoms with E-state index in [1.807, 2.05) is 25.2 Å². The Labute approximate surface area is 95.6 Å². The van der Waals surface area contributed by atoms with Crippen LogP contribution < -0.4 is 14.8 Å². The molecule has 0 heterocycles. The van der Waals surface area contributed by atoms with Crippen LogP contribution in [0.2, 0.25) is 0 Å². The van der Waals surface area contributed by atoms with Gasteiger partial charge >= 0.3 is 0 Å². The van der Waals surface area contributed by atoms with Gasteiger partial charge in [0, 0.05) is 18.5 Å². The van der Waals surface area contributed by atoms with Crippen molar-refractivity contribution in [2.45, 2.75) is 13.0 Å². The zero-order valence-corrected chi connectivity index (χ0v) is 9.75. The van der Waals surface area contributed by atoms with Crippen molar-refractivity contribution in [2.75, 3.05) is 27.4 Å². The Morgan fingerprint density at radius 2 is 2.19 bits per heavy atom. The molecule has 3 nitrogen and oxygen atoms in total. The van der Waals surface area contributed by atoms with Crippen LogP contribution in [0, 0.1) is 0 Å². The Hall–Kier alpha value is -1.29. The first-order chi connectivity index (χ1) is 7.83. The van der Waals surface area contributed by atoms with E-state index >= 15 is 0 Å². The number of benzene rings is 1. The number of halogens is 1. The lowest BCUT2D eigenvalue weighted by Gasteiger charge is -2.14. The molecule has 1 aromatic carbocycles. The molecule has 0 bridgehead atoms. The number of rotatable bonds is 7. The molecular weight excluding hydrogens is 209 g/mol. The van der Waals surface area contributed by atoms with Gasteiger partial charge in [0.1, 0.15) is 0 Å². The Bertz CT molecular complexity index is 318. The van der Waals surface area contributed by atoms with E-state index in [1.165, 1.54) is 0 Å². The monoisotopic (exact) mass is 227 g/mol. The van der Waals surface area contributed by atoms with Crippen molar-refractivity contribution in [2.24, 2.45) is 0 Å². The highest BCUT2D eigenvalue weighted by atomic mass is 19.1. The molecule has 0 fully saturated rings. The zero-order chi connectivity index (χ0) is 11.8. The minimum absolute atomic E-state index is 0.365. The molecule has 1 rings (SSSR count). The number of nitrogens with one attached hydrogen (secondary N) is 1. The van der Waals surface area contributed by atoms with Crippen molar-refractivity contribution in [3.05, 3.63) is 23.8 Å². The van der Waals surface area contributed by atoms with Crippen LogP contribution in [0.3, 0.4) is 0 Å². The van der Waals surface area contributed by atoms with Crippen molar-refractivity contribution < 1.29 is 13.9 Å². The van der Waals surface area contributed by atoms with Crippen molar-refractivity contribution >= 4 is 0 Å². The van der Waals surface area contributed by atoms with Gasteiger partial charge in [0.05, 0.1) is 20.4 Å². The Morgan fingerprint density at radius 1 is 1.38 bits per heavy atom. The summed E-state index contributed by atoms with van der Waals surface area (Å²) < 4.78 is 22.8. The van der Waals surface area contributed by atoms with Gasteiger partial charge in [0.25, 0.3) is 0 Å². The standard InChI is InChI=1S/C12H18FNO2/c1-14-9-10-5-3-6-11(15-2)12(10)16-8-4-7-13/h3,5-6,14H,4,7-9H2,1-2H3. The second-order valence-corrected chi connectivity index (χ2v) is 3.37. The zero-order valence-electron chi connectivity index (χ0n) is 9.75. The van der Waals surface area contributed by atoms with E-state index in [4.69, 9.17) is 9.47 Å². The molecule has 1 aromatic rings. The topological polar surface area (TPSA) is 30.5 Å². The van der Waals surface area contributed by atoms with Crippen LogP contribution in [0.5, 0.6) is 11.5 Å². The fourth-order valence-corrected chi connectivity index (χ4v) is 1.44. The van der Waals surface area contributed by atoms with Crippen molar-refractivity contribution in [3.63, 3.8) is 0 Å². The lowest BCUT2D eigenvalue weighted by atomic mass is 10.2. The van der Waals surface area contributed by atoms with E-state index in [1.54, 1.807) is 7.11 Å². The average Bonchev–Trinajstić information content (AvgIpc) is 2.31. The molecule has 0 aliphatic heterocycles. The fraction of sp³-hybridized carbons (Fsp3) is 0.500. The molecule has 0 radical (unpaired) electrons. The first-order valence-electron chi connectivity index (χ1n) is 5.32. The second-order valence-electron chi connectivity index (χ2n) is 3.37. The number of hydrogen-bond donors (Lipinski definition) is 1. The minimum Gasteiger partial charge on any atom is -0.493 e. The van der Waals surface area contributed by atoms with Crippen LogP contribution in [0.1, 0.15) is 12.0 Å². The molecule has 0 aromatic heterocycles. The minimum atomic E-state index is -0.365. The van der Waals surface area contributed by atoms with Crippen molar-refractivity contribution in [3.8, 4) is 11.5 Å². The van der Waals surface area contributed by atoms with Crippen molar-refractivity contribution in [1.29, 1.82) is 0 Å². The number of para-hydroxylation sites is 1. The molecule has 0 aliphatic rings. The summed E-state index contributed by atoms with van der Waals surface area (Å²) in [6.07, 6.45) is 0.400. The number of alkyl halides is 1. The molecule has 16 heavy (non-hydrogen) atoms. The third kappa shape index (κ3) is 3.38. The fourth-order valence-electron chi connectivity index (χ4n) is 1.44. The summed E-state index contributed by atoms with van der Waals surface area (Å²) in [5, 5.41) is 3.06. The summed E-state index contributed by atoms with van der Waals surface area (Å²) in [6.45, 7) is 0.701. The van der Waals surface area contributed by atoms with Crippen LogP contribution in [0.25, 0.3) is 0 Å².